The lowest BCUT2D eigenvalue weighted by Crippen LogP contribution is -2.27. The largest absolute Gasteiger partial charge is 0.345 e. The van der Waals surface area contributed by atoms with Gasteiger partial charge in [0.2, 0.25) is 0 Å². The maximum Gasteiger partial charge on any atom is 0.108 e. The molecule has 88 valence electrons. The molecular weight excluding hydrogens is 200 g/mol. The summed E-state index contributed by atoms with van der Waals surface area (Å²) in [7, 11) is 2.22. The fourth-order valence-corrected chi connectivity index (χ4v) is 2.83. The Bertz CT molecular complexity index is 348. The van der Waals surface area contributed by atoms with Gasteiger partial charge in [0.25, 0.3) is 0 Å². The lowest BCUT2D eigenvalue weighted by molar-refractivity contribution is 0.306. The Kier molecular flexibility index (Phi) is 2.69. The third-order valence-corrected chi connectivity index (χ3v) is 3.85. The molecule has 4 nitrogen and oxygen atoms in total. The van der Waals surface area contributed by atoms with Crippen molar-refractivity contribution in [1.29, 1.82) is 0 Å². The minimum absolute atomic E-state index is 0.695. The van der Waals surface area contributed by atoms with Crippen LogP contribution < -0.4 is 5.32 Å². The molecule has 16 heavy (non-hydrogen) atoms. The molecule has 3 rings (SSSR count). The van der Waals surface area contributed by atoms with Crippen molar-refractivity contribution in [2.24, 2.45) is 0 Å². The average molecular weight is 220 g/mol. The highest BCUT2D eigenvalue weighted by Crippen LogP contribution is 2.19. The van der Waals surface area contributed by atoms with Crippen LogP contribution in [0.5, 0.6) is 0 Å². The second-order valence-electron chi connectivity index (χ2n) is 5.02. The van der Waals surface area contributed by atoms with Crippen molar-refractivity contribution < 1.29 is 0 Å². The van der Waals surface area contributed by atoms with E-state index in [4.69, 9.17) is 4.98 Å². The SMILES string of the molecule is CN1CCCC1Cc1nc2c([nH]1)CNCC2. The summed E-state index contributed by atoms with van der Waals surface area (Å²) in [5.41, 5.74) is 2.59. The number of hydrogen-bond acceptors (Lipinski definition) is 3. The number of fused-ring (bicyclic) bond motifs is 1. The van der Waals surface area contributed by atoms with E-state index in [2.05, 4.69) is 22.2 Å². The monoisotopic (exact) mass is 220 g/mol. The smallest absolute Gasteiger partial charge is 0.108 e. The molecule has 0 amide bonds. The van der Waals surface area contributed by atoms with Gasteiger partial charge in [0, 0.05) is 32.0 Å². The highest BCUT2D eigenvalue weighted by Gasteiger charge is 2.23. The number of aromatic nitrogens is 2. The number of aromatic amines is 1. The predicted octanol–water partition coefficient (Wildman–Crippen LogP) is 0.692. The maximum atomic E-state index is 4.73. The van der Waals surface area contributed by atoms with Gasteiger partial charge in [-0.25, -0.2) is 4.98 Å². The van der Waals surface area contributed by atoms with E-state index in [1.54, 1.807) is 0 Å². The van der Waals surface area contributed by atoms with E-state index >= 15 is 0 Å². The van der Waals surface area contributed by atoms with Gasteiger partial charge in [-0.3, -0.25) is 0 Å². The topological polar surface area (TPSA) is 44.0 Å². The summed E-state index contributed by atoms with van der Waals surface area (Å²) in [6.45, 7) is 3.27. The Hall–Kier alpha value is -0.870. The molecule has 1 aromatic heterocycles. The third-order valence-electron chi connectivity index (χ3n) is 3.85. The van der Waals surface area contributed by atoms with Crippen LogP contribution in [0, 0.1) is 0 Å². The second-order valence-corrected chi connectivity index (χ2v) is 5.02. The van der Waals surface area contributed by atoms with Crippen LogP contribution in [0.3, 0.4) is 0 Å². The number of nitrogens with one attached hydrogen (secondary N) is 2. The Morgan fingerprint density at radius 1 is 1.50 bits per heavy atom. The molecule has 1 fully saturated rings. The Morgan fingerprint density at radius 3 is 3.19 bits per heavy atom. The van der Waals surface area contributed by atoms with E-state index in [0.717, 1.165) is 25.9 Å². The molecule has 1 saturated heterocycles. The molecule has 0 bridgehead atoms. The third kappa shape index (κ3) is 1.87. The van der Waals surface area contributed by atoms with Crippen LogP contribution in [0.15, 0.2) is 0 Å². The number of hydrogen-bond donors (Lipinski definition) is 2. The predicted molar refractivity (Wildman–Crippen MR) is 63.4 cm³/mol. The van der Waals surface area contributed by atoms with Crippen molar-refractivity contribution >= 4 is 0 Å². The van der Waals surface area contributed by atoms with Gasteiger partial charge in [-0.2, -0.15) is 0 Å². The van der Waals surface area contributed by atoms with Crippen molar-refractivity contribution in [3.05, 3.63) is 17.2 Å². The fourth-order valence-electron chi connectivity index (χ4n) is 2.83. The first-order chi connectivity index (χ1) is 7.83. The summed E-state index contributed by atoms with van der Waals surface area (Å²) in [5, 5.41) is 3.38. The highest BCUT2D eigenvalue weighted by atomic mass is 15.1. The average Bonchev–Trinajstić information content (AvgIpc) is 2.85. The van der Waals surface area contributed by atoms with E-state index in [0.29, 0.717) is 6.04 Å². The molecule has 2 aliphatic rings. The van der Waals surface area contributed by atoms with Crippen LogP contribution in [0.1, 0.15) is 30.1 Å². The van der Waals surface area contributed by atoms with Gasteiger partial charge in [-0.15, -0.1) is 0 Å². The molecular formula is C12H20N4. The molecule has 2 N–H and O–H groups in total. The Morgan fingerprint density at radius 2 is 2.44 bits per heavy atom. The molecule has 0 spiro atoms. The summed E-state index contributed by atoms with van der Waals surface area (Å²) in [6, 6.07) is 0.695. The van der Waals surface area contributed by atoms with Gasteiger partial charge in [0.1, 0.15) is 5.82 Å². The zero-order valence-corrected chi connectivity index (χ0v) is 9.92. The van der Waals surface area contributed by atoms with Gasteiger partial charge >= 0.3 is 0 Å². The summed E-state index contributed by atoms with van der Waals surface area (Å²) >= 11 is 0. The minimum Gasteiger partial charge on any atom is -0.345 e. The summed E-state index contributed by atoms with van der Waals surface area (Å²) in [5.74, 6) is 1.19. The van der Waals surface area contributed by atoms with Crippen molar-refractivity contribution in [2.75, 3.05) is 20.1 Å². The highest BCUT2D eigenvalue weighted by molar-refractivity contribution is 5.18. The van der Waals surface area contributed by atoms with Gasteiger partial charge in [0.15, 0.2) is 0 Å². The number of rotatable bonds is 2. The first kappa shape index (κ1) is 10.3. The maximum absolute atomic E-state index is 4.73. The first-order valence-corrected chi connectivity index (χ1v) is 6.30. The van der Waals surface area contributed by atoms with E-state index in [-0.39, 0.29) is 0 Å². The van der Waals surface area contributed by atoms with Crippen molar-refractivity contribution in [2.45, 2.75) is 38.3 Å². The fraction of sp³-hybridized carbons (Fsp3) is 0.750. The molecule has 0 aromatic carbocycles. The van der Waals surface area contributed by atoms with Crippen molar-refractivity contribution in [3.63, 3.8) is 0 Å². The number of nitrogens with zero attached hydrogens (tertiary/aromatic N) is 2. The normalized spacial score (nSPS) is 25.9. The number of likely N-dealkylation sites (N-methyl/N-ethyl adjacent to an activating group) is 1. The molecule has 0 aliphatic carbocycles. The zero-order valence-electron chi connectivity index (χ0n) is 9.92. The minimum atomic E-state index is 0.695. The van der Waals surface area contributed by atoms with E-state index in [1.807, 2.05) is 0 Å². The molecule has 0 radical (unpaired) electrons. The number of likely N-dealkylation sites (tertiary alicyclic amines) is 1. The van der Waals surface area contributed by atoms with Crippen LogP contribution >= 0.6 is 0 Å². The van der Waals surface area contributed by atoms with Crippen LogP contribution in [0.2, 0.25) is 0 Å². The zero-order chi connectivity index (χ0) is 11.0. The molecule has 4 heteroatoms. The van der Waals surface area contributed by atoms with E-state index in [9.17, 15) is 0 Å². The summed E-state index contributed by atoms with van der Waals surface area (Å²) in [4.78, 5) is 10.7. The molecule has 1 unspecified atom stereocenters. The van der Waals surface area contributed by atoms with E-state index in [1.165, 1.54) is 36.6 Å². The number of imidazole rings is 1. The molecule has 3 heterocycles. The second kappa shape index (κ2) is 4.18. The molecule has 1 aromatic rings. The van der Waals surface area contributed by atoms with Crippen LogP contribution in [0.4, 0.5) is 0 Å². The van der Waals surface area contributed by atoms with Crippen molar-refractivity contribution in [3.8, 4) is 0 Å². The van der Waals surface area contributed by atoms with Gasteiger partial charge in [-0.1, -0.05) is 0 Å². The van der Waals surface area contributed by atoms with Crippen LogP contribution in [0.25, 0.3) is 0 Å². The Labute approximate surface area is 96.4 Å². The molecule has 0 saturated carbocycles. The summed E-state index contributed by atoms with van der Waals surface area (Å²) < 4.78 is 0. The van der Waals surface area contributed by atoms with Gasteiger partial charge in [0.05, 0.1) is 11.4 Å². The lowest BCUT2D eigenvalue weighted by Gasteiger charge is -2.17. The van der Waals surface area contributed by atoms with Crippen LogP contribution in [-0.2, 0) is 19.4 Å². The standard InChI is InChI=1S/C12H20N4/c1-16-6-2-3-9(16)7-12-14-10-4-5-13-8-11(10)15-12/h9,13H,2-8H2,1H3,(H,14,15). The van der Waals surface area contributed by atoms with Crippen LogP contribution in [-0.4, -0.2) is 41.0 Å². The van der Waals surface area contributed by atoms with Gasteiger partial charge < -0.3 is 15.2 Å². The molecule has 2 aliphatic heterocycles. The Balaban J connectivity index is 1.72. The first-order valence-electron chi connectivity index (χ1n) is 6.30. The molecule has 1 atom stereocenters. The van der Waals surface area contributed by atoms with E-state index < -0.39 is 0 Å². The quantitative estimate of drug-likeness (QED) is 0.771. The summed E-state index contributed by atoms with van der Waals surface area (Å²) in [6.07, 6.45) is 4.82. The van der Waals surface area contributed by atoms with Gasteiger partial charge in [-0.05, 0) is 26.4 Å². The number of H-pyrrole nitrogens is 1. The lowest BCUT2D eigenvalue weighted by atomic mass is 10.1. The van der Waals surface area contributed by atoms with Crippen molar-refractivity contribution in [1.82, 2.24) is 20.2 Å².